The lowest BCUT2D eigenvalue weighted by molar-refractivity contribution is -0.117. The highest BCUT2D eigenvalue weighted by molar-refractivity contribution is 5.91. The first-order valence-electron chi connectivity index (χ1n) is 7.64. The normalized spacial score (nSPS) is 10.6. The van der Waals surface area contributed by atoms with Gasteiger partial charge in [-0.15, -0.1) is 0 Å². The van der Waals surface area contributed by atoms with E-state index in [2.05, 4.69) is 15.5 Å². The van der Waals surface area contributed by atoms with E-state index in [1.54, 1.807) is 37.4 Å². The summed E-state index contributed by atoms with van der Waals surface area (Å²) in [4.78, 5) is 16.1. The summed E-state index contributed by atoms with van der Waals surface area (Å²) in [6.07, 6.45) is 0.275. The summed E-state index contributed by atoms with van der Waals surface area (Å²) in [7, 11) is 1.54. The number of hydrogen-bond acceptors (Lipinski definition) is 5. The number of benzene rings is 2. The average Bonchev–Trinajstić information content (AvgIpc) is 3.11. The maximum Gasteiger partial charge on any atom is 0.258 e. The number of methoxy groups -OCH3 is 1. The van der Waals surface area contributed by atoms with Gasteiger partial charge in [-0.1, -0.05) is 17.3 Å². The number of anilines is 1. The van der Waals surface area contributed by atoms with Gasteiger partial charge >= 0.3 is 0 Å². The van der Waals surface area contributed by atoms with E-state index in [0.29, 0.717) is 35.1 Å². The monoisotopic (exact) mass is 341 g/mol. The van der Waals surface area contributed by atoms with Crippen molar-refractivity contribution in [3.63, 3.8) is 0 Å². The number of hydrogen-bond donors (Lipinski definition) is 1. The van der Waals surface area contributed by atoms with Gasteiger partial charge in [0.2, 0.25) is 11.7 Å². The number of ether oxygens (including phenoxy) is 1. The molecule has 0 aliphatic carbocycles. The van der Waals surface area contributed by atoms with Crippen LogP contribution in [0.25, 0.3) is 22.8 Å². The number of carbonyl (C=O) groups excluding carboxylic acids is 1. The molecule has 0 aliphatic heterocycles. The molecule has 0 radical (unpaired) electrons. The molecular formula is C18H16FN3O3. The van der Waals surface area contributed by atoms with Crippen LogP contribution in [0.4, 0.5) is 10.1 Å². The molecule has 0 saturated heterocycles. The average molecular weight is 341 g/mol. The molecule has 0 aliphatic rings. The van der Waals surface area contributed by atoms with Gasteiger partial charge in [0.15, 0.2) is 0 Å². The van der Waals surface area contributed by atoms with Crippen molar-refractivity contribution in [3.8, 4) is 22.8 Å². The third-order valence-electron chi connectivity index (χ3n) is 3.45. The third-order valence-corrected chi connectivity index (χ3v) is 3.45. The second kappa shape index (κ2) is 7.67. The van der Waals surface area contributed by atoms with Gasteiger partial charge in [0.05, 0.1) is 13.0 Å². The molecule has 1 N–H and O–H groups in total. The Hall–Kier alpha value is -3.06. The Morgan fingerprint density at radius 3 is 2.76 bits per heavy atom. The minimum Gasteiger partial charge on any atom is -0.384 e. The highest BCUT2D eigenvalue weighted by atomic mass is 19.1. The van der Waals surface area contributed by atoms with Gasteiger partial charge in [-0.25, -0.2) is 4.39 Å². The van der Waals surface area contributed by atoms with Crippen molar-refractivity contribution in [1.29, 1.82) is 0 Å². The van der Waals surface area contributed by atoms with Gasteiger partial charge in [0, 0.05) is 23.9 Å². The lowest BCUT2D eigenvalue weighted by Crippen LogP contribution is -2.13. The van der Waals surface area contributed by atoms with Crippen LogP contribution in [0.5, 0.6) is 0 Å². The van der Waals surface area contributed by atoms with Crippen LogP contribution in [0.3, 0.4) is 0 Å². The Bertz CT molecular complexity index is 862. The molecule has 3 aromatic rings. The summed E-state index contributed by atoms with van der Waals surface area (Å²) < 4.78 is 23.1. The fourth-order valence-corrected chi connectivity index (χ4v) is 2.20. The standard InChI is InChI=1S/C18H16FN3O3/c1-24-10-9-16(23)20-15-4-2-3-13(11-15)17-21-18(25-22-17)12-5-7-14(19)8-6-12/h2-8,11H,9-10H2,1H3,(H,20,23). The summed E-state index contributed by atoms with van der Waals surface area (Å²) >= 11 is 0. The van der Waals surface area contributed by atoms with Crippen molar-refractivity contribution >= 4 is 11.6 Å². The number of amides is 1. The lowest BCUT2D eigenvalue weighted by Gasteiger charge is -2.05. The van der Waals surface area contributed by atoms with Crippen molar-refractivity contribution in [3.05, 3.63) is 54.3 Å². The van der Waals surface area contributed by atoms with Gasteiger partial charge < -0.3 is 14.6 Å². The summed E-state index contributed by atoms with van der Waals surface area (Å²) in [5.74, 6) is 0.205. The molecule has 7 heteroatoms. The van der Waals surface area contributed by atoms with Crippen LogP contribution in [0, 0.1) is 5.82 Å². The summed E-state index contributed by atoms with van der Waals surface area (Å²) in [5, 5.41) is 6.73. The zero-order valence-corrected chi connectivity index (χ0v) is 13.5. The highest BCUT2D eigenvalue weighted by Crippen LogP contribution is 2.24. The lowest BCUT2D eigenvalue weighted by atomic mass is 10.2. The molecule has 0 unspecified atom stereocenters. The van der Waals surface area contributed by atoms with Crippen LogP contribution in [-0.4, -0.2) is 29.8 Å². The van der Waals surface area contributed by atoms with Gasteiger partial charge in [-0.2, -0.15) is 4.98 Å². The zero-order valence-electron chi connectivity index (χ0n) is 13.5. The Kier molecular flexibility index (Phi) is 5.15. The predicted octanol–water partition coefficient (Wildman–Crippen LogP) is 3.52. The molecule has 2 aromatic carbocycles. The molecule has 1 amide bonds. The van der Waals surface area contributed by atoms with Crippen molar-refractivity contribution < 1.29 is 18.4 Å². The molecule has 128 valence electrons. The fourth-order valence-electron chi connectivity index (χ4n) is 2.20. The van der Waals surface area contributed by atoms with Crippen LogP contribution < -0.4 is 5.32 Å². The van der Waals surface area contributed by atoms with E-state index in [4.69, 9.17) is 9.26 Å². The molecule has 0 fully saturated rings. The minimum absolute atomic E-state index is 0.140. The number of halogens is 1. The first-order chi connectivity index (χ1) is 12.2. The van der Waals surface area contributed by atoms with Crippen LogP contribution in [-0.2, 0) is 9.53 Å². The van der Waals surface area contributed by atoms with Crippen molar-refractivity contribution in [2.45, 2.75) is 6.42 Å². The molecule has 0 bridgehead atoms. The van der Waals surface area contributed by atoms with E-state index < -0.39 is 0 Å². The third kappa shape index (κ3) is 4.27. The minimum atomic E-state index is -0.333. The molecule has 25 heavy (non-hydrogen) atoms. The van der Waals surface area contributed by atoms with Gasteiger partial charge in [0.1, 0.15) is 5.82 Å². The van der Waals surface area contributed by atoms with Crippen molar-refractivity contribution in [2.24, 2.45) is 0 Å². The van der Waals surface area contributed by atoms with Gasteiger partial charge in [-0.05, 0) is 36.4 Å². The second-order valence-electron chi connectivity index (χ2n) is 5.30. The van der Waals surface area contributed by atoms with Crippen molar-refractivity contribution in [2.75, 3.05) is 19.0 Å². The molecule has 0 spiro atoms. The van der Waals surface area contributed by atoms with Crippen molar-refractivity contribution in [1.82, 2.24) is 10.1 Å². The maximum absolute atomic E-state index is 13.0. The first-order valence-corrected chi connectivity index (χ1v) is 7.64. The van der Waals surface area contributed by atoms with E-state index in [-0.39, 0.29) is 18.1 Å². The summed E-state index contributed by atoms with van der Waals surface area (Å²) in [6, 6.07) is 12.9. The molecule has 1 aromatic heterocycles. The molecule has 0 atom stereocenters. The fraction of sp³-hybridized carbons (Fsp3) is 0.167. The molecule has 3 rings (SSSR count). The first kappa shape index (κ1) is 16.8. The molecular weight excluding hydrogens is 325 g/mol. The van der Waals surface area contributed by atoms with Gasteiger partial charge in [0.25, 0.3) is 5.89 Å². The topological polar surface area (TPSA) is 77.2 Å². The largest absolute Gasteiger partial charge is 0.384 e. The van der Waals surface area contributed by atoms with Crippen LogP contribution in [0.2, 0.25) is 0 Å². The highest BCUT2D eigenvalue weighted by Gasteiger charge is 2.11. The quantitative estimate of drug-likeness (QED) is 0.742. The van der Waals surface area contributed by atoms with E-state index in [9.17, 15) is 9.18 Å². The zero-order chi connectivity index (χ0) is 17.6. The number of rotatable bonds is 6. The number of aromatic nitrogens is 2. The van der Waals surface area contributed by atoms with Gasteiger partial charge in [-0.3, -0.25) is 4.79 Å². The van der Waals surface area contributed by atoms with E-state index in [1.165, 1.54) is 12.1 Å². The van der Waals surface area contributed by atoms with E-state index in [0.717, 1.165) is 0 Å². The number of nitrogens with zero attached hydrogens (tertiary/aromatic N) is 2. The Morgan fingerprint density at radius 2 is 2.00 bits per heavy atom. The Morgan fingerprint density at radius 1 is 1.20 bits per heavy atom. The molecule has 0 saturated carbocycles. The maximum atomic E-state index is 13.0. The second-order valence-corrected chi connectivity index (χ2v) is 5.30. The number of nitrogens with one attached hydrogen (secondary N) is 1. The Labute approximate surface area is 143 Å². The predicted molar refractivity (Wildman–Crippen MR) is 90.3 cm³/mol. The van der Waals surface area contributed by atoms with E-state index >= 15 is 0 Å². The summed E-state index contributed by atoms with van der Waals surface area (Å²) in [5.41, 5.74) is 1.96. The van der Waals surface area contributed by atoms with Crippen LogP contribution in [0.1, 0.15) is 6.42 Å². The van der Waals surface area contributed by atoms with Crippen LogP contribution in [0.15, 0.2) is 53.1 Å². The summed E-state index contributed by atoms with van der Waals surface area (Å²) in [6.45, 7) is 0.359. The smallest absolute Gasteiger partial charge is 0.258 e. The number of carbonyl (C=O) groups is 1. The Balaban J connectivity index is 1.77. The van der Waals surface area contributed by atoms with Crippen LogP contribution >= 0.6 is 0 Å². The molecule has 1 heterocycles. The SMILES string of the molecule is COCCC(=O)Nc1cccc(-c2noc(-c3ccc(F)cc3)n2)c1. The van der Waals surface area contributed by atoms with E-state index in [1.807, 2.05) is 6.07 Å². The molecule has 6 nitrogen and oxygen atoms in total.